The molecule has 2 aliphatic heterocycles. The van der Waals surface area contributed by atoms with Gasteiger partial charge in [0.25, 0.3) is 0 Å². The summed E-state index contributed by atoms with van der Waals surface area (Å²) in [6.07, 6.45) is 5.87. The number of carboxylic acids is 1. The molecule has 0 bridgehead atoms. The molecule has 2 aromatic rings. The molecule has 0 saturated carbocycles. The number of fused-ring (bicyclic) bond motifs is 1. The van der Waals surface area contributed by atoms with Crippen LogP contribution in [0.3, 0.4) is 0 Å². The van der Waals surface area contributed by atoms with E-state index in [0.29, 0.717) is 30.2 Å². The molecule has 5 rings (SSSR count). The summed E-state index contributed by atoms with van der Waals surface area (Å²) in [4.78, 5) is 21.2. The Morgan fingerprint density at radius 2 is 2.00 bits per heavy atom. The van der Waals surface area contributed by atoms with E-state index in [1.807, 2.05) is 0 Å². The Kier molecular flexibility index (Phi) is 6.86. The zero-order valence-electron chi connectivity index (χ0n) is 20.0. The second-order valence-corrected chi connectivity index (χ2v) is 11.6. The summed E-state index contributed by atoms with van der Waals surface area (Å²) < 4.78 is 0. The predicted octanol–water partition coefficient (Wildman–Crippen LogP) is 5.04. The molecule has 5 nitrogen and oxygen atoms in total. The number of aromatic nitrogens is 1. The Labute approximate surface area is 201 Å². The van der Waals surface area contributed by atoms with E-state index in [-0.39, 0.29) is 0 Å². The average molecular weight is 468 g/mol. The lowest BCUT2D eigenvalue weighted by atomic mass is 9.89. The second-order valence-electron chi connectivity index (χ2n) is 10.5. The molecule has 3 heterocycles. The van der Waals surface area contributed by atoms with Gasteiger partial charge in [-0.25, -0.2) is 4.98 Å². The first-order valence-electron chi connectivity index (χ1n) is 12.7. The number of carbonyl (C=O) groups is 1. The first-order chi connectivity index (χ1) is 16.0. The van der Waals surface area contributed by atoms with E-state index < -0.39 is 5.97 Å². The van der Waals surface area contributed by atoms with Gasteiger partial charge in [-0.3, -0.25) is 9.69 Å². The zero-order valence-corrected chi connectivity index (χ0v) is 20.8. The first kappa shape index (κ1) is 23.0. The maximum absolute atomic E-state index is 10.9. The minimum absolute atomic E-state index is 0.315. The van der Waals surface area contributed by atoms with Crippen LogP contribution in [0.15, 0.2) is 23.6 Å². The normalized spacial score (nSPS) is 26.7. The van der Waals surface area contributed by atoms with Crippen molar-refractivity contribution in [3.63, 3.8) is 0 Å². The van der Waals surface area contributed by atoms with E-state index in [4.69, 9.17) is 10.1 Å². The van der Waals surface area contributed by atoms with Crippen molar-refractivity contribution in [1.29, 1.82) is 0 Å². The quantitative estimate of drug-likeness (QED) is 0.618. The molecule has 2 unspecified atom stereocenters. The van der Waals surface area contributed by atoms with Crippen molar-refractivity contribution in [1.82, 2.24) is 14.8 Å². The molecular weight excluding hydrogens is 430 g/mol. The van der Waals surface area contributed by atoms with Crippen LogP contribution in [0, 0.1) is 25.7 Å². The molecule has 6 heteroatoms. The predicted molar refractivity (Wildman–Crippen MR) is 133 cm³/mol. The minimum atomic E-state index is -0.659. The number of hydrogen-bond acceptors (Lipinski definition) is 5. The molecule has 1 aromatic carbocycles. The van der Waals surface area contributed by atoms with Gasteiger partial charge in [0.05, 0.1) is 10.7 Å². The Hall–Kier alpha value is -1.76. The Morgan fingerprint density at radius 3 is 2.73 bits per heavy atom. The molecule has 0 radical (unpaired) electrons. The Morgan fingerprint density at radius 1 is 1.18 bits per heavy atom. The summed E-state index contributed by atoms with van der Waals surface area (Å²) >= 11 is 1.78. The van der Waals surface area contributed by atoms with Crippen molar-refractivity contribution >= 4 is 17.3 Å². The van der Waals surface area contributed by atoms with Gasteiger partial charge in [0.2, 0.25) is 0 Å². The maximum Gasteiger partial charge on any atom is 0.303 e. The van der Waals surface area contributed by atoms with Crippen molar-refractivity contribution in [3.8, 4) is 0 Å². The standard InChI is InChI=1S/C27H37N3O2S/c1-18-3-6-23-21(13-18)5-7-26(23)30-15-22(24(16-30)25-17-33-19(2)28-25)14-29-11-9-20(10-12-29)4-8-27(31)32/h3,6,13,17,20,22,24,26H,4-5,7-12,14-16H2,1-2H3,(H,31,32)/t22-,24?,26?/m0/s1. The van der Waals surface area contributed by atoms with Crippen LogP contribution in [0.2, 0.25) is 0 Å². The lowest BCUT2D eigenvalue weighted by Crippen LogP contribution is -2.39. The van der Waals surface area contributed by atoms with Gasteiger partial charge in [0.15, 0.2) is 0 Å². The summed E-state index contributed by atoms with van der Waals surface area (Å²) in [5.74, 6) is 1.03. The average Bonchev–Trinajstić information content (AvgIpc) is 3.51. The highest BCUT2D eigenvalue weighted by Crippen LogP contribution is 2.43. The molecule has 0 spiro atoms. The number of aliphatic carboxylic acids is 1. The van der Waals surface area contributed by atoms with Crippen molar-refractivity contribution in [2.45, 2.75) is 64.3 Å². The van der Waals surface area contributed by atoms with Gasteiger partial charge in [-0.2, -0.15) is 0 Å². The molecule has 2 saturated heterocycles. The summed E-state index contributed by atoms with van der Waals surface area (Å²) in [6, 6.07) is 7.59. The van der Waals surface area contributed by atoms with Gasteiger partial charge in [-0.05, 0) is 82.0 Å². The molecule has 3 aliphatic rings. The highest BCUT2D eigenvalue weighted by atomic mass is 32.1. The van der Waals surface area contributed by atoms with Gasteiger partial charge >= 0.3 is 5.97 Å². The molecule has 1 aromatic heterocycles. The van der Waals surface area contributed by atoms with E-state index in [1.165, 1.54) is 29.1 Å². The SMILES string of the molecule is Cc1ccc2c(c1)CCC2N1CC(c2csc(C)n2)[C@@H](CN2CCC(CCC(=O)O)CC2)C1. The van der Waals surface area contributed by atoms with Crippen molar-refractivity contribution in [3.05, 3.63) is 51.0 Å². The number of thiazole rings is 1. The molecule has 1 N–H and O–H groups in total. The fourth-order valence-corrected chi connectivity index (χ4v) is 7.13. The summed E-state index contributed by atoms with van der Waals surface area (Å²) in [7, 11) is 0. The van der Waals surface area contributed by atoms with Gasteiger partial charge in [0, 0.05) is 43.4 Å². The topological polar surface area (TPSA) is 56.7 Å². The molecule has 1 aliphatic carbocycles. The molecular formula is C27H37N3O2S. The fourth-order valence-electron chi connectivity index (χ4n) is 6.45. The van der Waals surface area contributed by atoms with E-state index in [0.717, 1.165) is 52.0 Å². The van der Waals surface area contributed by atoms with Crippen molar-refractivity contribution in [2.24, 2.45) is 11.8 Å². The molecule has 33 heavy (non-hydrogen) atoms. The van der Waals surface area contributed by atoms with E-state index in [9.17, 15) is 4.79 Å². The van der Waals surface area contributed by atoms with Crippen LogP contribution in [-0.4, -0.2) is 58.6 Å². The second kappa shape index (κ2) is 9.85. The third-order valence-corrected chi connectivity index (χ3v) is 9.03. The van der Waals surface area contributed by atoms with Gasteiger partial charge in [-0.1, -0.05) is 23.8 Å². The van der Waals surface area contributed by atoms with E-state index in [2.05, 4.69) is 47.2 Å². The van der Waals surface area contributed by atoms with Crippen LogP contribution >= 0.6 is 11.3 Å². The van der Waals surface area contributed by atoms with Gasteiger partial charge in [-0.15, -0.1) is 11.3 Å². The van der Waals surface area contributed by atoms with Crippen molar-refractivity contribution in [2.75, 3.05) is 32.7 Å². The number of hydrogen-bond donors (Lipinski definition) is 1. The fraction of sp³-hybridized carbons (Fsp3) is 0.630. The molecule has 2 fully saturated rings. The molecule has 178 valence electrons. The number of piperidine rings is 1. The van der Waals surface area contributed by atoms with Gasteiger partial charge < -0.3 is 10.0 Å². The Bertz CT molecular complexity index is 981. The zero-order chi connectivity index (χ0) is 22.9. The summed E-state index contributed by atoms with van der Waals surface area (Å²) in [6.45, 7) is 9.93. The lowest BCUT2D eigenvalue weighted by molar-refractivity contribution is -0.137. The molecule has 0 amide bonds. The number of carboxylic acid groups (broad SMARTS) is 1. The largest absolute Gasteiger partial charge is 0.481 e. The van der Waals surface area contributed by atoms with Gasteiger partial charge in [0.1, 0.15) is 0 Å². The van der Waals surface area contributed by atoms with E-state index in [1.54, 1.807) is 22.5 Å². The number of benzene rings is 1. The number of aryl methyl sites for hydroxylation is 3. The summed E-state index contributed by atoms with van der Waals surface area (Å²) in [5.41, 5.74) is 5.77. The molecule has 3 atom stereocenters. The van der Waals surface area contributed by atoms with Crippen LogP contribution in [0.4, 0.5) is 0 Å². The van der Waals surface area contributed by atoms with Crippen LogP contribution in [0.1, 0.15) is 71.5 Å². The highest BCUT2D eigenvalue weighted by molar-refractivity contribution is 7.09. The Balaban J connectivity index is 1.26. The third-order valence-electron chi connectivity index (χ3n) is 8.24. The summed E-state index contributed by atoms with van der Waals surface area (Å²) in [5, 5.41) is 12.5. The van der Waals surface area contributed by atoms with Crippen molar-refractivity contribution < 1.29 is 9.90 Å². The first-order valence-corrected chi connectivity index (χ1v) is 13.5. The lowest BCUT2D eigenvalue weighted by Gasteiger charge is -2.34. The monoisotopic (exact) mass is 467 g/mol. The van der Waals surface area contributed by atoms with Crippen LogP contribution in [0.5, 0.6) is 0 Å². The highest BCUT2D eigenvalue weighted by Gasteiger charge is 2.41. The smallest absolute Gasteiger partial charge is 0.303 e. The van der Waals surface area contributed by atoms with Crippen LogP contribution in [0.25, 0.3) is 0 Å². The minimum Gasteiger partial charge on any atom is -0.481 e. The third kappa shape index (κ3) is 5.18. The van der Waals surface area contributed by atoms with E-state index >= 15 is 0 Å². The number of nitrogens with zero attached hydrogens (tertiary/aromatic N) is 3. The van der Waals surface area contributed by atoms with Crippen LogP contribution < -0.4 is 0 Å². The maximum atomic E-state index is 10.9. The number of likely N-dealkylation sites (tertiary alicyclic amines) is 2. The number of rotatable bonds is 7. The van der Waals surface area contributed by atoms with Crippen LogP contribution in [-0.2, 0) is 11.2 Å².